The van der Waals surface area contributed by atoms with Gasteiger partial charge in [-0.15, -0.1) is 0 Å². The van der Waals surface area contributed by atoms with Crippen LogP contribution in [0.15, 0.2) is 36.7 Å². The molecule has 0 spiro atoms. The Labute approximate surface area is 125 Å². The zero-order valence-electron chi connectivity index (χ0n) is 12.6. The standard InChI is InChI=1S/C16H23N3O2/c1-13-8-14(2)10-16(9-13)21-12-15(20)11-17-5-7-19-6-3-4-18-19/h3-4,6,8-10,15,17,20H,5,7,11-12H2,1-2H3. The number of aromatic nitrogens is 2. The van der Waals surface area contributed by atoms with Crippen LogP contribution < -0.4 is 10.1 Å². The topological polar surface area (TPSA) is 59.3 Å². The van der Waals surface area contributed by atoms with Gasteiger partial charge >= 0.3 is 0 Å². The summed E-state index contributed by atoms with van der Waals surface area (Å²) in [6.07, 6.45) is 3.15. The summed E-state index contributed by atoms with van der Waals surface area (Å²) in [6.45, 7) is 6.42. The summed E-state index contributed by atoms with van der Waals surface area (Å²) in [6, 6.07) is 7.95. The molecule has 1 aromatic heterocycles. The number of rotatable bonds is 8. The molecule has 2 N–H and O–H groups in total. The lowest BCUT2D eigenvalue weighted by atomic mass is 10.1. The van der Waals surface area contributed by atoms with Crippen LogP contribution in [0.4, 0.5) is 0 Å². The lowest BCUT2D eigenvalue weighted by molar-refractivity contribution is 0.106. The molecule has 0 saturated heterocycles. The smallest absolute Gasteiger partial charge is 0.119 e. The van der Waals surface area contributed by atoms with Crippen molar-refractivity contribution in [3.8, 4) is 5.75 Å². The van der Waals surface area contributed by atoms with Crippen molar-refractivity contribution in [3.63, 3.8) is 0 Å². The van der Waals surface area contributed by atoms with Crippen molar-refractivity contribution in [2.24, 2.45) is 0 Å². The van der Waals surface area contributed by atoms with E-state index >= 15 is 0 Å². The van der Waals surface area contributed by atoms with E-state index in [9.17, 15) is 5.11 Å². The number of nitrogens with zero attached hydrogens (tertiary/aromatic N) is 2. The molecule has 114 valence electrons. The van der Waals surface area contributed by atoms with Gasteiger partial charge in [-0.1, -0.05) is 6.07 Å². The van der Waals surface area contributed by atoms with E-state index in [2.05, 4.69) is 16.5 Å². The number of aliphatic hydroxyl groups is 1. The number of aryl methyl sites for hydroxylation is 2. The molecule has 1 unspecified atom stereocenters. The highest BCUT2D eigenvalue weighted by atomic mass is 16.5. The van der Waals surface area contributed by atoms with Gasteiger partial charge < -0.3 is 15.2 Å². The number of hydrogen-bond donors (Lipinski definition) is 2. The molecule has 0 saturated carbocycles. The van der Waals surface area contributed by atoms with Gasteiger partial charge in [-0.25, -0.2) is 0 Å². The van der Waals surface area contributed by atoms with Crippen LogP contribution in [0.3, 0.4) is 0 Å². The van der Waals surface area contributed by atoms with Crippen molar-refractivity contribution in [3.05, 3.63) is 47.8 Å². The number of ether oxygens (including phenoxy) is 1. The molecular weight excluding hydrogens is 266 g/mol. The molecule has 5 nitrogen and oxygen atoms in total. The van der Waals surface area contributed by atoms with Gasteiger partial charge in [-0.05, 0) is 43.2 Å². The van der Waals surface area contributed by atoms with E-state index in [4.69, 9.17) is 4.74 Å². The first-order chi connectivity index (χ1) is 10.1. The van der Waals surface area contributed by atoms with E-state index in [-0.39, 0.29) is 6.61 Å². The van der Waals surface area contributed by atoms with E-state index in [1.54, 1.807) is 6.20 Å². The van der Waals surface area contributed by atoms with Gasteiger partial charge in [0.1, 0.15) is 18.5 Å². The van der Waals surface area contributed by atoms with Crippen LogP contribution in [0.25, 0.3) is 0 Å². The average Bonchev–Trinajstić information content (AvgIpc) is 2.93. The number of benzene rings is 1. The van der Waals surface area contributed by atoms with E-state index < -0.39 is 6.10 Å². The molecule has 0 fully saturated rings. The van der Waals surface area contributed by atoms with Gasteiger partial charge in [-0.2, -0.15) is 5.10 Å². The molecule has 1 heterocycles. The van der Waals surface area contributed by atoms with Gasteiger partial charge in [0.05, 0.1) is 6.54 Å². The van der Waals surface area contributed by atoms with Crippen LogP contribution in [0, 0.1) is 13.8 Å². The van der Waals surface area contributed by atoms with Crippen molar-refractivity contribution >= 4 is 0 Å². The Morgan fingerprint density at radius 1 is 1.29 bits per heavy atom. The molecule has 0 amide bonds. The summed E-state index contributed by atoms with van der Waals surface area (Å²) < 4.78 is 7.48. The van der Waals surface area contributed by atoms with Gasteiger partial charge in [-0.3, -0.25) is 4.68 Å². The van der Waals surface area contributed by atoms with Crippen LogP contribution in [0.2, 0.25) is 0 Å². The van der Waals surface area contributed by atoms with Gasteiger partial charge in [0.25, 0.3) is 0 Å². The quantitative estimate of drug-likeness (QED) is 0.724. The predicted octanol–water partition coefficient (Wildman–Crippen LogP) is 1.53. The number of aliphatic hydroxyl groups excluding tert-OH is 1. The maximum atomic E-state index is 9.90. The molecule has 1 atom stereocenters. The highest BCUT2D eigenvalue weighted by Gasteiger charge is 2.05. The van der Waals surface area contributed by atoms with Crippen molar-refractivity contribution in [2.75, 3.05) is 19.7 Å². The summed E-state index contributed by atoms with van der Waals surface area (Å²) in [7, 11) is 0. The molecule has 21 heavy (non-hydrogen) atoms. The lowest BCUT2D eigenvalue weighted by Crippen LogP contribution is -2.33. The van der Waals surface area contributed by atoms with Crippen LogP contribution in [0.5, 0.6) is 5.75 Å². The summed E-state index contributed by atoms with van der Waals surface area (Å²) in [5, 5.41) is 17.2. The third kappa shape index (κ3) is 5.57. The molecular formula is C16H23N3O2. The van der Waals surface area contributed by atoms with E-state index in [1.807, 2.05) is 42.9 Å². The maximum Gasteiger partial charge on any atom is 0.119 e. The molecule has 2 rings (SSSR count). The Morgan fingerprint density at radius 3 is 2.71 bits per heavy atom. The molecule has 0 bridgehead atoms. The molecule has 0 aliphatic heterocycles. The second kappa shape index (κ2) is 7.81. The van der Waals surface area contributed by atoms with Gasteiger partial charge in [0.15, 0.2) is 0 Å². The van der Waals surface area contributed by atoms with Crippen LogP contribution >= 0.6 is 0 Å². The Balaban J connectivity index is 1.64. The molecule has 5 heteroatoms. The zero-order valence-corrected chi connectivity index (χ0v) is 12.6. The summed E-state index contributed by atoms with van der Waals surface area (Å²) in [5.74, 6) is 0.808. The monoisotopic (exact) mass is 289 g/mol. The summed E-state index contributed by atoms with van der Waals surface area (Å²) >= 11 is 0. The minimum Gasteiger partial charge on any atom is -0.491 e. The number of hydrogen-bond acceptors (Lipinski definition) is 4. The van der Waals surface area contributed by atoms with Crippen molar-refractivity contribution < 1.29 is 9.84 Å². The largest absolute Gasteiger partial charge is 0.491 e. The first kappa shape index (κ1) is 15.5. The van der Waals surface area contributed by atoms with E-state index in [0.717, 1.165) is 30.0 Å². The SMILES string of the molecule is Cc1cc(C)cc(OCC(O)CNCCn2cccn2)c1. The second-order valence-electron chi connectivity index (χ2n) is 5.26. The van der Waals surface area contributed by atoms with E-state index in [1.165, 1.54) is 0 Å². The fourth-order valence-corrected chi connectivity index (χ4v) is 2.16. The predicted molar refractivity (Wildman–Crippen MR) is 82.5 cm³/mol. The van der Waals surface area contributed by atoms with Gasteiger partial charge in [0, 0.05) is 25.5 Å². The highest BCUT2D eigenvalue weighted by molar-refractivity contribution is 5.32. The summed E-state index contributed by atoms with van der Waals surface area (Å²) in [4.78, 5) is 0. The Morgan fingerprint density at radius 2 is 2.05 bits per heavy atom. The molecule has 1 aromatic carbocycles. The molecule has 2 aromatic rings. The van der Waals surface area contributed by atoms with E-state index in [0.29, 0.717) is 6.54 Å². The first-order valence-electron chi connectivity index (χ1n) is 7.21. The molecule has 0 radical (unpaired) electrons. The summed E-state index contributed by atoms with van der Waals surface area (Å²) in [5.41, 5.74) is 2.33. The third-order valence-corrected chi connectivity index (χ3v) is 3.09. The Hall–Kier alpha value is -1.85. The third-order valence-electron chi connectivity index (χ3n) is 3.09. The van der Waals surface area contributed by atoms with Crippen LogP contribution in [-0.2, 0) is 6.54 Å². The minimum atomic E-state index is -0.525. The number of nitrogens with one attached hydrogen (secondary N) is 1. The van der Waals surface area contributed by atoms with Crippen molar-refractivity contribution in [1.82, 2.24) is 15.1 Å². The highest BCUT2D eigenvalue weighted by Crippen LogP contribution is 2.16. The molecule has 0 aliphatic rings. The van der Waals surface area contributed by atoms with Crippen molar-refractivity contribution in [1.29, 1.82) is 0 Å². The normalized spacial score (nSPS) is 12.3. The Kier molecular flexibility index (Phi) is 5.78. The van der Waals surface area contributed by atoms with Crippen LogP contribution in [-0.4, -0.2) is 40.7 Å². The molecule has 0 aliphatic carbocycles. The van der Waals surface area contributed by atoms with Crippen LogP contribution in [0.1, 0.15) is 11.1 Å². The lowest BCUT2D eigenvalue weighted by Gasteiger charge is -2.14. The Bertz CT molecular complexity index is 520. The van der Waals surface area contributed by atoms with Crippen molar-refractivity contribution in [2.45, 2.75) is 26.5 Å². The fraction of sp³-hybridized carbons (Fsp3) is 0.438. The van der Waals surface area contributed by atoms with Gasteiger partial charge in [0.2, 0.25) is 0 Å². The fourth-order valence-electron chi connectivity index (χ4n) is 2.16. The average molecular weight is 289 g/mol. The first-order valence-corrected chi connectivity index (χ1v) is 7.21. The minimum absolute atomic E-state index is 0.289. The zero-order chi connectivity index (χ0) is 15.1. The second-order valence-corrected chi connectivity index (χ2v) is 5.26. The maximum absolute atomic E-state index is 9.90.